The Kier molecular flexibility index (Phi) is 5.51. The molecule has 0 spiro atoms. The molecule has 19 heavy (non-hydrogen) atoms. The van der Waals surface area contributed by atoms with Gasteiger partial charge in [-0.3, -0.25) is 0 Å². The SMILES string of the molecule is CC.CN(C)c1nc(-c2ccc(C(=O)O)cc2)cs1. The van der Waals surface area contributed by atoms with Crippen LogP contribution in [-0.2, 0) is 0 Å². The Morgan fingerprint density at radius 1 is 1.21 bits per heavy atom. The van der Waals surface area contributed by atoms with Gasteiger partial charge in [0.25, 0.3) is 0 Å². The van der Waals surface area contributed by atoms with Crippen LogP contribution in [0.4, 0.5) is 5.13 Å². The van der Waals surface area contributed by atoms with Gasteiger partial charge in [-0.15, -0.1) is 11.3 Å². The van der Waals surface area contributed by atoms with Crippen LogP contribution in [0.1, 0.15) is 24.2 Å². The van der Waals surface area contributed by atoms with Gasteiger partial charge in [-0.2, -0.15) is 0 Å². The van der Waals surface area contributed by atoms with E-state index in [2.05, 4.69) is 4.98 Å². The second-order valence-corrected chi connectivity index (χ2v) is 4.63. The molecule has 1 N–H and O–H groups in total. The van der Waals surface area contributed by atoms with Gasteiger partial charge in [-0.1, -0.05) is 26.0 Å². The maximum Gasteiger partial charge on any atom is 0.335 e. The lowest BCUT2D eigenvalue weighted by Crippen LogP contribution is -2.07. The molecule has 2 aromatic rings. The molecule has 0 saturated carbocycles. The number of anilines is 1. The number of rotatable bonds is 3. The van der Waals surface area contributed by atoms with Crippen molar-refractivity contribution in [2.24, 2.45) is 0 Å². The average molecular weight is 278 g/mol. The first-order valence-electron chi connectivity index (χ1n) is 6.04. The summed E-state index contributed by atoms with van der Waals surface area (Å²) in [6.07, 6.45) is 0. The highest BCUT2D eigenvalue weighted by Gasteiger charge is 2.07. The van der Waals surface area contributed by atoms with Gasteiger partial charge in [0.15, 0.2) is 5.13 Å². The van der Waals surface area contributed by atoms with E-state index < -0.39 is 5.97 Å². The van der Waals surface area contributed by atoms with Crippen molar-refractivity contribution in [3.8, 4) is 11.3 Å². The first kappa shape index (κ1) is 15.2. The lowest BCUT2D eigenvalue weighted by Gasteiger charge is -2.05. The summed E-state index contributed by atoms with van der Waals surface area (Å²) in [6.45, 7) is 4.00. The molecule has 4 nitrogen and oxygen atoms in total. The van der Waals surface area contributed by atoms with E-state index in [1.807, 2.05) is 38.2 Å². The number of hydrogen-bond acceptors (Lipinski definition) is 4. The number of thiazole rings is 1. The zero-order chi connectivity index (χ0) is 14.4. The number of nitrogens with zero attached hydrogens (tertiary/aromatic N) is 2. The molecule has 1 aromatic carbocycles. The van der Waals surface area contributed by atoms with Crippen LogP contribution >= 0.6 is 11.3 Å². The summed E-state index contributed by atoms with van der Waals surface area (Å²) in [5.74, 6) is -0.913. The molecule has 0 radical (unpaired) electrons. The van der Waals surface area contributed by atoms with Gasteiger partial charge < -0.3 is 10.0 Å². The molecular weight excluding hydrogens is 260 g/mol. The second kappa shape index (κ2) is 6.89. The number of benzene rings is 1. The first-order valence-corrected chi connectivity index (χ1v) is 6.92. The van der Waals surface area contributed by atoms with E-state index in [-0.39, 0.29) is 5.56 Å². The fraction of sp³-hybridized carbons (Fsp3) is 0.286. The number of hydrogen-bond donors (Lipinski definition) is 1. The molecule has 102 valence electrons. The van der Waals surface area contributed by atoms with Crippen molar-refractivity contribution < 1.29 is 9.90 Å². The lowest BCUT2D eigenvalue weighted by molar-refractivity contribution is 0.0697. The fourth-order valence-corrected chi connectivity index (χ4v) is 2.15. The van der Waals surface area contributed by atoms with Gasteiger partial charge in [0.2, 0.25) is 0 Å². The van der Waals surface area contributed by atoms with Crippen LogP contribution in [0.2, 0.25) is 0 Å². The van der Waals surface area contributed by atoms with Gasteiger partial charge in [0, 0.05) is 25.0 Å². The standard InChI is InChI=1S/C12H12N2O2S.C2H6/c1-14(2)12-13-10(7-17-12)8-3-5-9(6-4-8)11(15)16;1-2/h3-7H,1-2H3,(H,15,16);1-2H3. The smallest absolute Gasteiger partial charge is 0.335 e. The topological polar surface area (TPSA) is 53.4 Å². The van der Waals surface area contributed by atoms with E-state index in [0.717, 1.165) is 16.4 Å². The Morgan fingerprint density at radius 3 is 2.21 bits per heavy atom. The second-order valence-electron chi connectivity index (χ2n) is 3.79. The number of carbonyl (C=O) groups is 1. The summed E-state index contributed by atoms with van der Waals surface area (Å²) in [6, 6.07) is 6.73. The number of carboxylic acids is 1. The van der Waals surface area contributed by atoms with Crippen molar-refractivity contribution >= 4 is 22.4 Å². The monoisotopic (exact) mass is 278 g/mol. The van der Waals surface area contributed by atoms with Gasteiger partial charge in [0.1, 0.15) is 0 Å². The van der Waals surface area contributed by atoms with Crippen LogP contribution in [0.3, 0.4) is 0 Å². The van der Waals surface area contributed by atoms with E-state index >= 15 is 0 Å². The summed E-state index contributed by atoms with van der Waals surface area (Å²) < 4.78 is 0. The summed E-state index contributed by atoms with van der Waals surface area (Å²) >= 11 is 1.56. The Labute approximate surface area is 117 Å². The molecule has 0 aliphatic rings. The highest BCUT2D eigenvalue weighted by molar-refractivity contribution is 7.14. The van der Waals surface area contributed by atoms with Crippen molar-refractivity contribution in [3.63, 3.8) is 0 Å². The van der Waals surface area contributed by atoms with Crippen LogP contribution < -0.4 is 4.90 Å². The molecule has 0 aliphatic carbocycles. The normalized spacial score (nSPS) is 9.47. The third-order valence-electron chi connectivity index (χ3n) is 2.30. The van der Waals surface area contributed by atoms with Gasteiger partial charge in [-0.05, 0) is 12.1 Å². The molecule has 5 heteroatoms. The number of aromatic carboxylic acids is 1. The van der Waals surface area contributed by atoms with Gasteiger partial charge in [-0.25, -0.2) is 9.78 Å². The summed E-state index contributed by atoms with van der Waals surface area (Å²) in [5, 5.41) is 11.7. The van der Waals surface area contributed by atoms with Crippen molar-refractivity contribution in [3.05, 3.63) is 35.2 Å². The molecule has 0 atom stereocenters. The van der Waals surface area contributed by atoms with E-state index in [9.17, 15) is 4.79 Å². The third-order valence-corrected chi connectivity index (χ3v) is 3.31. The molecule has 2 rings (SSSR count). The minimum Gasteiger partial charge on any atom is -0.478 e. The van der Waals surface area contributed by atoms with E-state index in [0.29, 0.717) is 0 Å². The van der Waals surface area contributed by atoms with E-state index in [4.69, 9.17) is 5.11 Å². The van der Waals surface area contributed by atoms with Crippen LogP contribution in [-0.4, -0.2) is 30.2 Å². The predicted octanol–water partition coefficient (Wildman–Crippen LogP) is 3.60. The Morgan fingerprint density at radius 2 is 1.79 bits per heavy atom. The molecule has 0 fully saturated rings. The lowest BCUT2D eigenvalue weighted by atomic mass is 10.1. The van der Waals surface area contributed by atoms with Crippen LogP contribution in [0.25, 0.3) is 11.3 Å². The third kappa shape index (κ3) is 3.79. The largest absolute Gasteiger partial charge is 0.478 e. The molecule has 0 amide bonds. The molecule has 0 bridgehead atoms. The molecular formula is C14H18N2O2S. The van der Waals surface area contributed by atoms with Crippen LogP contribution in [0, 0.1) is 0 Å². The van der Waals surface area contributed by atoms with Crippen LogP contribution in [0.15, 0.2) is 29.6 Å². The number of aromatic nitrogens is 1. The van der Waals surface area contributed by atoms with Crippen molar-refractivity contribution in [2.45, 2.75) is 13.8 Å². The quantitative estimate of drug-likeness (QED) is 0.932. The Bertz CT molecular complexity index is 533. The Balaban J connectivity index is 0.000000861. The maximum atomic E-state index is 10.7. The molecule has 0 saturated heterocycles. The number of carboxylic acid groups (broad SMARTS) is 1. The van der Waals surface area contributed by atoms with Crippen LogP contribution in [0.5, 0.6) is 0 Å². The van der Waals surface area contributed by atoms with Gasteiger partial charge in [0.05, 0.1) is 11.3 Å². The van der Waals surface area contributed by atoms with Crippen molar-refractivity contribution in [1.82, 2.24) is 4.98 Å². The maximum absolute atomic E-state index is 10.7. The minimum absolute atomic E-state index is 0.289. The molecule has 0 unspecified atom stereocenters. The zero-order valence-corrected chi connectivity index (χ0v) is 12.4. The van der Waals surface area contributed by atoms with E-state index in [1.165, 1.54) is 0 Å². The molecule has 1 heterocycles. The Hall–Kier alpha value is -1.88. The first-order chi connectivity index (χ1) is 9.08. The van der Waals surface area contributed by atoms with Crippen molar-refractivity contribution in [2.75, 3.05) is 19.0 Å². The van der Waals surface area contributed by atoms with Crippen molar-refractivity contribution in [1.29, 1.82) is 0 Å². The van der Waals surface area contributed by atoms with Gasteiger partial charge >= 0.3 is 5.97 Å². The highest BCUT2D eigenvalue weighted by atomic mass is 32.1. The highest BCUT2D eigenvalue weighted by Crippen LogP contribution is 2.26. The minimum atomic E-state index is -0.913. The fourth-order valence-electron chi connectivity index (χ4n) is 1.39. The zero-order valence-electron chi connectivity index (χ0n) is 11.5. The molecule has 0 aliphatic heterocycles. The average Bonchev–Trinajstić information content (AvgIpc) is 2.91. The summed E-state index contributed by atoms with van der Waals surface area (Å²) in [5.41, 5.74) is 2.09. The predicted molar refractivity (Wildman–Crippen MR) is 80.2 cm³/mol. The molecule has 1 aromatic heterocycles. The summed E-state index contributed by atoms with van der Waals surface area (Å²) in [7, 11) is 3.88. The van der Waals surface area contributed by atoms with E-state index in [1.54, 1.807) is 35.6 Å². The summed E-state index contributed by atoms with van der Waals surface area (Å²) in [4.78, 5) is 17.1.